The number of ether oxygens (including phenoxy) is 2. The van der Waals surface area contributed by atoms with Crippen LogP contribution in [0.5, 0.6) is 5.75 Å². The monoisotopic (exact) mass is 445 g/mol. The number of benzene rings is 2. The third-order valence-corrected chi connectivity index (χ3v) is 5.40. The molecule has 2 aromatic carbocycles. The van der Waals surface area contributed by atoms with Crippen molar-refractivity contribution in [3.8, 4) is 11.4 Å². The minimum absolute atomic E-state index is 0.0157. The maximum absolute atomic E-state index is 13.7. The van der Waals surface area contributed by atoms with E-state index in [4.69, 9.17) is 9.47 Å². The summed E-state index contributed by atoms with van der Waals surface area (Å²) >= 11 is 0. The lowest BCUT2D eigenvalue weighted by molar-refractivity contribution is 0.0602. The summed E-state index contributed by atoms with van der Waals surface area (Å²) in [6, 6.07) is 15.9. The molecule has 33 heavy (non-hydrogen) atoms. The average Bonchev–Trinajstić information content (AvgIpc) is 2.82. The van der Waals surface area contributed by atoms with E-state index in [0.717, 1.165) is 15.7 Å². The Morgan fingerprint density at radius 3 is 2.39 bits per heavy atom. The quantitative estimate of drug-likeness (QED) is 0.439. The highest BCUT2D eigenvalue weighted by atomic mass is 16.5. The van der Waals surface area contributed by atoms with Crippen LogP contribution in [0, 0.1) is 13.8 Å². The van der Waals surface area contributed by atoms with Crippen LogP contribution in [0.3, 0.4) is 0 Å². The zero-order chi connectivity index (χ0) is 23.7. The van der Waals surface area contributed by atoms with E-state index in [0.29, 0.717) is 17.1 Å². The zero-order valence-corrected chi connectivity index (χ0v) is 18.8. The van der Waals surface area contributed by atoms with Gasteiger partial charge in [0.15, 0.2) is 5.65 Å². The lowest BCUT2D eigenvalue weighted by Crippen LogP contribution is -2.40. The Morgan fingerprint density at radius 2 is 1.73 bits per heavy atom. The van der Waals surface area contributed by atoms with Crippen LogP contribution in [0.2, 0.25) is 0 Å². The van der Waals surface area contributed by atoms with Gasteiger partial charge in [0.05, 0.1) is 37.4 Å². The number of aromatic nitrogens is 3. The second kappa shape index (κ2) is 8.74. The number of aryl methyl sites for hydroxylation is 2. The van der Waals surface area contributed by atoms with Crippen LogP contribution in [0.15, 0.2) is 64.2 Å². The standard InChI is InChI=1S/C25H23N3O5/c1-15-8-10-17(11-9-15)14-27-23(29)21-20(24(30)33-4)12-16(2)26-22(21)28(25(27)31)18-6-5-7-19(13-18)32-3/h5-13H,14H2,1-4H3. The van der Waals surface area contributed by atoms with Gasteiger partial charge in [-0.3, -0.25) is 9.36 Å². The van der Waals surface area contributed by atoms with Gasteiger partial charge in [-0.2, -0.15) is 0 Å². The highest BCUT2D eigenvalue weighted by Crippen LogP contribution is 2.21. The van der Waals surface area contributed by atoms with Crippen molar-refractivity contribution in [3.63, 3.8) is 0 Å². The maximum Gasteiger partial charge on any atom is 0.338 e. The van der Waals surface area contributed by atoms with Crippen molar-refractivity contribution in [3.05, 3.63) is 97.8 Å². The Bertz CT molecular complexity index is 1480. The Hall–Kier alpha value is -4.20. The van der Waals surface area contributed by atoms with E-state index in [1.165, 1.54) is 24.9 Å². The molecule has 0 bridgehead atoms. The first-order valence-electron chi connectivity index (χ1n) is 10.3. The van der Waals surface area contributed by atoms with Crippen LogP contribution in [-0.4, -0.2) is 34.3 Å². The van der Waals surface area contributed by atoms with Crippen LogP contribution in [0.25, 0.3) is 16.7 Å². The molecule has 0 radical (unpaired) electrons. The molecule has 8 nitrogen and oxygen atoms in total. The smallest absolute Gasteiger partial charge is 0.338 e. The van der Waals surface area contributed by atoms with Gasteiger partial charge in [-0.05, 0) is 37.6 Å². The van der Waals surface area contributed by atoms with Gasteiger partial charge in [-0.15, -0.1) is 0 Å². The summed E-state index contributed by atoms with van der Waals surface area (Å²) in [5, 5.41) is 0.0157. The molecule has 0 N–H and O–H groups in total. The molecule has 8 heteroatoms. The number of rotatable bonds is 5. The summed E-state index contributed by atoms with van der Waals surface area (Å²) in [7, 11) is 2.77. The Kier molecular flexibility index (Phi) is 5.83. The molecule has 0 fully saturated rings. The lowest BCUT2D eigenvalue weighted by Gasteiger charge is -2.16. The van der Waals surface area contributed by atoms with Crippen molar-refractivity contribution in [1.82, 2.24) is 14.1 Å². The predicted molar refractivity (Wildman–Crippen MR) is 125 cm³/mol. The van der Waals surface area contributed by atoms with E-state index in [1.807, 2.05) is 31.2 Å². The fourth-order valence-electron chi connectivity index (χ4n) is 3.73. The number of nitrogens with zero attached hydrogens (tertiary/aromatic N) is 3. The minimum Gasteiger partial charge on any atom is -0.497 e. The van der Waals surface area contributed by atoms with Crippen molar-refractivity contribution in [2.24, 2.45) is 0 Å². The first-order valence-corrected chi connectivity index (χ1v) is 10.3. The Morgan fingerprint density at radius 1 is 1.00 bits per heavy atom. The molecule has 0 amide bonds. The largest absolute Gasteiger partial charge is 0.497 e. The molecule has 168 valence electrons. The second-order valence-corrected chi connectivity index (χ2v) is 7.70. The first-order chi connectivity index (χ1) is 15.8. The van der Waals surface area contributed by atoms with Gasteiger partial charge >= 0.3 is 11.7 Å². The first kappa shape index (κ1) is 22.0. The van der Waals surface area contributed by atoms with Crippen molar-refractivity contribution in [2.75, 3.05) is 14.2 Å². The van der Waals surface area contributed by atoms with Gasteiger partial charge in [0.2, 0.25) is 0 Å². The molecule has 0 atom stereocenters. The predicted octanol–water partition coefficient (Wildman–Crippen LogP) is 3.01. The summed E-state index contributed by atoms with van der Waals surface area (Å²) in [6.07, 6.45) is 0. The molecule has 0 spiro atoms. The SMILES string of the molecule is COC(=O)c1cc(C)nc2c1c(=O)n(Cc1ccc(C)cc1)c(=O)n2-c1cccc(OC)c1. The van der Waals surface area contributed by atoms with Gasteiger partial charge < -0.3 is 9.47 Å². The van der Waals surface area contributed by atoms with Gasteiger partial charge in [0, 0.05) is 11.8 Å². The average molecular weight is 445 g/mol. The highest BCUT2D eigenvalue weighted by molar-refractivity contribution is 6.02. The highest BCUT2D eigenvalue weighted by Gasteiger charge is 2.23. The van der Waals surface area contributed by atoms with Gasteiger partial charge in [-0.1, -0.05) is 35.9 Å². The summed E-state index contributed by atoms with van der Waals surface area (Å²) in [5.41, 5.74) is 1.71. The number of esters is 1. The van der Waals surface area contributed by atoms with Gasteiger partial charge in [0.25, 0.3) is 5.56 Å². The van der Waals surface area contributed by atoms with Crippen LogP contribution in [-0.2, 0) is 11.3 Å². The van der Waals surface area contributed by atoms with Crippen LogP contribution < -0.4 is 16.0 Å². The molecule has 0 saturated heterocycles. The van der Waals surface area contributed by atoms with E-state index < -0.39 is 17.2 Å². The molecule has 0 saturated carbocycles. The summed E-state index contributed by atoms with van der Waals surface area (Å²) < 4.78 is 12.7. The van der Waals surface area contributed by atoms with E-state index in [1.54, 1.807) is 31.2 Å². The maximum atomic E-state index is 13.7. The molecule has 2 heterocycles. The molecular weight excluding hydrogens is 422 g/mol. The summed E-state index contributed by atoms with van der Waals surface area (Å²) in [6.45, 7) is 3.68. The molecule has 0 aliphatic heterocycles. The zero-order valence-electron chi connectivity index (χ0n) is 18.8. The van der Waals surface area contributed by atoms with Crippen LogP contribution in [0.1, 0.15) is 27.2 Å². The van der Waals surface area contributed by atoms with E-state index in [9.17, 15) is 14.4 Å². The molecule has 4 aromatic rings. The van der Waals surface area contributed by atoms with Gasteiger partial charge in [0.1, 0.15) is 5.75 Å². The molecule has 0 aliphatic rings. The minimum atomic E-state index is -0.680. The molecule has 4 rings (SSSR count). The molecule has 0 aliphatic carbocycles. The fraction of sp³-hybridized carbons (Fsp3) is 0.200. The Balaban J connectivity index is 2.13. The van der Waals surface area contributed by atoms with Crippen LogP contribution >= 0.6 is 0 Å². The van der Waals surface area contributed by atoms with Crippen molar-refractivity contribution in [1.29, 1.82) is 0 Å². The number of carbonyl (C=O) groups excluding carboxylic acids is 1. The topological polar surface area (TPSA) is 92.4 Å². The number of hydrogen-bond donors (Lipinski definition) is 0. The summed E-state index contributed by atoms with van der Waals surface area (Å²) in [5.74, 6) is -0.148. The molecular formula is C25H23N3O5. The normalized spacial score (nSPS) is 10.9. The van der Waals surface area contributed by atoms with Crippen molar-refractivity contribution < 1.29 is 14.3 Å². The number of carbonyl (C=O) groups is 1. The molecule has 2 aromatic heterocycles. The second-order valence-electron chi connectivity index (χ2n) is 7.70. The lowest BCUT2D eigenvalue weighted by atomic mass is 10.1. The van der Waals surface area contributed by atoms with Crippen molar-refractivity contribution >= 4 is 17.0 Å². The van der Waals surface area contributed by atoms with E-state index in [-0.39, 0.29) is 23.1 Å². The number of methoxy groups -OCH3 is 2. The summed E-state index contributed by atoms with van der Waals surface area (Å²) in [4.78, 5) is 44.3. The van der Waals surface area contributed by atoms with Crippen LogP contribution in [0.4, 0.5) is 0 Å². The number of hydrogen-bond acceptors (Lipinski definition) is 6. The van der Waals surface area contributed by atoms with E-state index >= 15 is 0 Å². The third-order valence-electron chi connectivity index (χ3n) is 5.40. The number of pyridine rings is 1. The third kappa shape index (κ3) is 4.03. The molecule has 0 unspecified atom stereocenters. The van der Waals surface area contributed by atoms with Crippen molar-refractivity contribution in [2.45, 2.75) is 20.4 Å². The Labute approximate surface area is 189 Å². The number of fused-ring (bicyclic) bond motifs is 1. The van der Waals surface area contributed by atoms with Gasteiger partial charge in [-0.25, -0.2) is 19.1 Å². The van der Waals surface area contributed by atoms with E-state index in [2.05, 4.69) is 4.98 Å². The fourth-order valence-corrected chi connectivity index (χ4v) is 3.73.